The predicted octanol–water partition coefficient (Wildman–Crippen LogP) is 6.58. The molecular weight excluding hydrogens is 414 g/mol. The zero-order valence-electron chi connectivity index (χ0n) is 13.7. The second-order valence-electron chi connectivity index (χ2n) is 5.84. The van der Waals surface area contributed by atoms with Gasteiger partial charge in [0, 0.05) is 17.4 Å². The molecule has 1 atom stereocenters. The van der Waals surface area contributed by atoms with E-state index in [9.17, 15) is 0 Å². The van der Waals surface area contributed by atoms with Crippen LogP contribution in [-0.4, -0.2) is 15.7 Å². The molecule has 3 rings (SSSR count). The first-order chi connectivity index (χ1) is 12.5. The number of benzene rings is 2. The minimum Gasteiger partial charge on any atom is -0.485 e. The first kappa shape index (κ1) is 19.4. The van der Waals surface area contributed by atoms with Crippen LogP contribution in [0.1, 0.15) is 12.0 Å². The van der Waals surface area contributed by atoms with E-state index in [0.717, 1.165) is 17.9 Å². The number of imidazole rings is 1. The minimum absolute atomic E-state index is 0.159. The van der Waals surface area contributed by atoms with E-state index in [4.69, 9.17) is 51.1 Å². The smallest absolute Gasteiger partial charge is 0.158 e. The van der Waals surface area contributed by atoms with Crippen molar-refractivity contribution in [1.29, 1.82) is 0 Å². The molecule has 0 spiro atoms. The van der Waals surface area contributed by atoms with Crippen LogP contribution in [0.3, 0.4) is 0 Å². The molecule has 0 N–H and O–H groups in total. The molecule has 1 unspecified atom stereocenters. The molecule has 0 fully saturated rings. The van der Waals surface area contributed by atoms with Crippen molar-refractivity contribution in [2.75, 3.05) is 0 Å². The number of hydrogen-bond donors (Lipinski definition) is 0. The zero-order chi connectivity index (χ0) is 18.5. The highest BCUT2D eigenvalue weighted by molar-refractivity contribution is 6.44. The summed E-state index contributed by atoms with van der Waals surface area (Å²) < 4.78 is 8.11. The van der Waals surface area contributed by atoms with Crippen LogP contribution in [0.15, 0.2) is 55.1 Å². The second kappa shape index (κ2) is 9.01. The zero-order valence-corrected chi connectivity index (χ0v) is 16.7. The van der Waals surface area contributed by atoms with Crippen LogP contribution in [0.4, 0.5) is 0 Å². The molecule has 1 aromatic heterocycles. The van der Waals surface area contributed by atoms with Crippen LogP contribution in [0.25, 0.3) is 0 Å². The number of halogens is 4. The summed E-state index contributed by atoms with van der Waals surface area (Å²) in [6.07, 6.45) is 6.80. The fourth-order valence-corrected chi connectivity index (χ4v) is 3.31. The topological polar surface area (TPSA) is 27.1 Å². The molecule has 136 valence electrons. The van der Waals surface area contributed by atoms with Gasteiger partial charge in [-0.1, -0.05) is 58.5 Å². The van der Waals surface area contributed by atoms with Gasteiger partial charge in [0.05, 0.1) is 22.9 Å². The second-order valence-corrected chi connectivity index (χ2v) is 7.47. The highest BCUT2D eigenvalue weighted by atomic mass is 35.5. The van der Waals surface area contributed by atoms with Gasteiger partial charge >= 0.3 is 0 Å². The molecule has 0 aliphatic rings. The number of nitrogens with zero attached hydrogens (tertiary/aromatic N) is 2. The van der Waals surface area contributed by atoms with Gasteiger partial charge in [-0.15, -0.1) is 0 Å². The molecule has 7 heteroatoms. The molecule has 0 aliphatic carbocycles. The van der Waals surface area contributed by atoms with Crippen molar-refractivity contribution in [1.82, 2.24) is 9.55 Å². The van der Waals surface area contributed by atoms with Crippen LogP contribution in [0.5, 0.6) is 5.75 Å². The molecule has 0 radical (unpaired) electrons. The van der Waals surface area contributed by atoms with Gasteiger partial charge in [-0.3, -0.25) is 0 Å². The number of aromatic nitrogens is 2. The van der Waals surface area contributed by atoms with E-state index in [0.29, 0.717) is 27.4 Å². The van der Waals surface area contributed by atoms with E-state index >= 15 is 0 Å². The van der Waals surface area contributed by atoms with Crippen molar-refractivity contribution in [2.45, 2.75) is 25.5 Å². The monoisotopic (exact) mass is 428 g/mol. The third kappa shape index (κ3) is 5.08. The largest absolute Gasteiger partial charge is 0.485 e. The van der Waals surface area contributed by atoms with Gasteiger partial charge in [-0.2, -0.15) is 0 Å². The Kier molecular flexibility index (Phi) is 6.71. The standard InChI is InChI=1S/C19H16Cl4N2O/c20-14-4-1-13(2-5-14)3-6-15(11-25-10-9-24-12-25)26-19-17(22)8-7-16(21)18(19)23/h1-2,4-5,7-10,12,15H,3,6,11H2. The van der Waals surface area contributed by atoms with Crippen LogP contribution in [-0.2, 0) is 13.0 Å². The molecule has 0 saturated carbocycles. The Morgan fingerprint density at radius 2 is 1.69 bits per heavy atom. The summed E-state index contributed by atoms with van der Waals surface area (Å²) in [4.78, 5) is 4.08. The molecule has 3 aromatic rings. The molecule has 1 heterocycles. The van der Waals surface area contributed by atoms with Crippen molar-refractivity contribution in [3.05, 3.63) is 80.8 Å². The molecule has 26 heavy (non-hydrogen) atoms. The quantitative estimate of drug-likeness (QED) is 0.396. The third-order valence-electron chi connectivity index (χ3n) is 3.93. The van der Waals surface area contributed by atoms with Gasteiger partial charge in [-0.25, -0.2) is 4.98 Å². The SMILES string of the molecule is Clc1ccc(CCC(Cn2ccnc2)Oc2c(Cl)ccc(Cl)c2Cl)cc1. The molecule has 0 aliphatic heterocycles. The average Bonchev–Trinajstić information content (AvgIpc) is 3.14. The van der Waals surface area contributed by atoms with E-state index < -0.39 is 0 Å². The first-order valence-electron chi connectivity index (χ1n) is 8.03. The van der Waals surface area contributed by atoms with E-state index in [1.807, 2.05) is 35.0 Å². The van der Waals surface area contributed by atoms with Gasteiger partial charge in [0.15, 0.2) is 5.75 Å². The molecular formula is C19H16Cl4N2O. The van der Waals surface area contributed by atoms with E-state index in [1.54, 1.807) is 24.7 Å². The molecule has 0 saturated heterocycles. The Bertz CT molecular complexity index is 851. The number of hydrogen-bond acceptors (Lipinski definition) is 2. The van der Waals surface area contributed by atoms with Gasteiger partial charge in [0.25, 0.3) is 0 Å². The molecule has 2 aromatic carbocycles. The third-order valence-corrected chi connectivity index (χ3v) is 5.26. The maximum Gasteiger partial charge on any atom is 0.158 e. The fourth-order valence-electron chi connectivity index (χ4n) is 2.58. The van der Waals surface area contributed by atoms with E-state index in [1.165, 1.54) is 5.56 Å². The van der Waals surface area contributed by atoms with Gasteiger partial charge < -0.3 is 9.30 Å². The van der Waals surface area contributed by atoms with Crippen molar-refractivity contribution < 1.29 is 4.74 Å². The van der Waals surface area contributed by atoms with Crippen LogP contribution in [0, 0.1) is 0 Å². The van der Waals surface area contributed by atoms with Crippen LogP contribution >= 0.6 is 46.4 Å². The number of ether oxygens (including phenoxy) is 1. The lowest BCUT2D eigenvalue weighted by atomic mass is 10.1. The van der Waals surface area contributed by atoms with Gasteiger partial charge in [-0.05, 0) is 42.7 Å². The minimum atomic E-state index is -0.159. The Morgan fingerprint density at radius 1 is 0.962 bits per heavy atom. The van der Waals surface area contributed by atoms with Gasteiger partial charge in [0.1, 0.15) is 11.1 Å². The Morgan fingerprint density at radius 3 is 2.38 bits per heavy atom. The lowest BCUT2D eigenvalue weighted by Gasteiger charge is -2.21. The summed E-state index contributed by atoms with van der Waals surface area (Å²) in [5.74, 6) is 0.405. The lowest BCUT2D eigenvalue weighted by molar-refractivity contribution is 0.170. The number of aryl methyl sites for hydroxylation is 1. The maximum absolute atomic E-state index is 6.28. The van der Waals surface area contributed by atoms with E-state index in [-0.39, 0.29) is 6.10 Å². The van der Waals surface area contributed by atoms with E-state index in [2.05, 4.69) is 4.98 Å². The first-order valence-corrected chi connectivity index (χ1v) is 9.54. The maximum atomic E-state index is 6.28. The number of rotatable bonds is 7. The Balaban J connectivity index is 1.77. The van der Waals surface area contributed by atoms with Crippen molar-refractivity contribution in [3.63, 3.8) is 0 Å². The van der Waals surface area contributed by atoms with Crippen molar-refractivity contribution in [3.8, 4) is 5.75 Å². The highest BCUT2D eigenvalue weighted by Crippen LogP contribution is 2.39. The Hall–Kier alpha value is -1.39. The van der Waals surface area contributed by atoms with Crippen molar-refractivity contribution in [2.24, 2.45) is 0 Å². The highest BCUT2D eigenvalue weighted by Gasteiger charge is 2.18. The van der Waals surface area contributed by atoms with Crippen molar-refractivity contribution >= 4 is 46.4 Å². The summed E-state index contributed by atoms with van der Waals surface area (Å²) in [7, 11) is 0. The molecule has 0 bridgehead atoms. The fraction of sp³-hybridized carbons (Fsp3) is 0.211. The van der Waals surface area contributed by atoms with Gasteiger partial charge in [0.2, 0.25) is 0 Å². The molecule has 0 amide bonds. The molecule has 3 nitrogen and oxygen atoms in total. The predicted molar refractivity (Wildman–Crippen MR) is 108 cm³/mol. The Labute approximate surface area is 172 Å². The normalized spacial score (nSPS) is 12.2. The summed E-state index contributed by atoms with van der Waals surface area (Å²) in [5, 5.41) is 1.88. The van der Waals surface area contributed by atoms with Crippen LogP contribution in [0.2, 0.25) is 20.1 Å². The summed E-state index contributed by atoms with van der Waals surface area (Å²) in [6, 6.07) is 11.1. The summed E-state index contributed by atoms with van der Waals surface area (Å²) in [6.45, 7) is 0.618. The lowest BCUT2D eigenvalue weighted by Crippen LogP contribution is -2.24. The summed E-state index contributed by atoms with van der Waals surface area (Å²) in [5.41, 5.74) is 1.18. The summed E-state index contributed by atoms with van der Waals surface area (Å²) >= 11 is 24.6. The average molecular weight is 430 g/mol. The van der Waals surface area contributed by atoms with Crippen LogP contribution < -0.4 is 4.74 Å².